The van der Waals surface area contributed by atoms with Crippen molar-refractivity contribution in [1.82, 2.24) is 10.2 Å². The zero-order chi connectivity index (χ0) is 15.4. The smallest absolute Gasteiger partial charge is 0.254 e. The Kier molecular flexibility index (Phi) is 4.81. The van der Waals surface area contributed by atoms with Crippen molar-refractivity contribution in [3.05, 3.63) is 59.0 Å². The van der Waals surface area contributed by atoms with Crippen LogP contribution < -0.4 is 5.32 Å². The number of nitrogens with one attached hydrogen (secondary N) is 1. The number of likely N-dealkylation sites (N-methyl/N-ethyl adjacent to an activating group) is 1. The van der Waals surface area contributed by atoms with E-state index in [1.54, 1.807) is 6.07 Å². The van der Waals surface area contributed by atoms with Gasteiger partial charge in [0, 0.05) is 6.54 Å². The molecule has 0 bridgehead atoms. The van der Waals surface area contributed by atoms with E-state index in [1.165, 1.54) is 5.56 Å². The van der Waals surface area contributed by atoms with E-state index < -0.39 is 0 Å². The number of hydrogen-bond donors (Lipinski definition) is 1. The van der Waals surface area contributed by atoms with Crippen molar-refractivity contribution in [1.29, 1.82) is 0 Å². The molecule has 1 unspecified atom stereocenters. The highest BCUT2D eigenvalue weighted by molar-refractivity contribution is 5.95. The van der Waals surface area contributed by atoms with Gasteiger partial charge in [-0.1, -0.05) is 30.3 Å². The molecule has 2 aromatic rings. The number of furan rings is 1. The fraction of sp³-hybridized carbons (Fsp3) is 0.353. The molecule has 1 atom stereocenters. The second-order valence-electron chi connectivity index (χ2n) is 5.43. The summed E-state index contributed by atoms with van der Waals surface area (Å²) in [6, 6.07) is 12.1. The Morgan fingerprint density at radius 1 is 1.24 bits per heavy atom. The molecule has 0 radical (unpaired) electrons. The number of carbonyl (C=O) groups is 1. The molecule has 1 N–H and O–H groups in total. The lowest BCUT2D eigenvalue weighted by Gasteiger charge is -2.25. The van der Waals surface area contributed by atoms with Gasteiger partial charge < -0.3 is 14.6 Å². The van der Waals surface area contributed by atoms with Crippen LogP contribution in [-0.4, -0.2) is 31.4 Å². The predicted octanol–water partition coefficient (Wildman–Crippen LogP) is 2.93. The predicted molar refractivity (Wildman–Crippen MR) is 83.4 cm³/mol. The maximum absolute atomic E-state index is 12.2. The summed E-state index contributed by atoms with van der Waals surface area (Å²) in [6.45, 7) is 4.21. The van der Waals surface area contributed by atoms with Crippen LogP contribution in [0.5, 0.6) is 0 Å². The quantitative estimate of drug-likeness (QED) is 0.919. The lowest BCUT2D eigenvalue weighted by molar-refractivity contribution is 0.0940. The Hall–Kier alpha value is -2.07. The molecule has 0 spiro atoms. The highest BCUT2D eigenvalue weighted by atomic mass is 16.3. The van der Waals surface area contributed by atoms with E-state index in [2.05, 4.69) is 22.3 Å². The summed E-state index contributed by atoms with van der Waals surface area (Å²) in [7, 11) is 4.02. The normalized spacial score (nSPS) is 12.4. The highest BCUT2D eigenvalue weighted by Gasteiger charge is 2.18. The maximum Gasteiger partial charge on any atom is 0.254 e. The van der Waals surface area contributed by atoms with Gasteiger partial charge in [0.1, 0.15) is 11.5 Å². The zero-order valence-electron chi connectivity index (χ0n) is 13.0. The lowest BCUT2D eigenvalue weighted by Crippen LogP contribution is -2.34. The maximum atomic E-state index is 12.2. The Labute approximate surface area is 125 Å². The minimum Gasteiger partial charge on any atom is -0.466 e. The number of nitrogens with zero attached hydrogens (tertiary/aromatic N) is 1. The molecule has 0 saturated carbocycles. The van der Waals surface area contributed by atoms with Gasteiger partial charge in [-0.15, -0.1) is 0 Å². The van der Waals surface area contributed by atoms with Crippen molar-refractivity contribution >= 4 is 5.91 Å². The number of aryl methyl sites for hydroxylation is 2. The molecule has 0 aliphatic carbocycles. The fourth-order valence-electron chi connectivity index (χ4n) is 2.41. The third-order valence-corrected chi connectivity index (χ3v) is 3.55. The lowest BCUT2D eigenvalue weighted by atomic mass is 10.1. The van der Waals surface area contributed by atoms with Gasteiger partial charge in [0.15, 0.2) is 0 Å². The van der Waals surface area contributed by atoms with Crippen LogP contribution in [0.3, 0.4) is 0 Å². The van der Waals surface area contributed by atoms with Gasteiger partial charge in [0.2, 0.25) is 0 Å². The van der Waals surface area contributed by atoms with Gasteiger partial charge in [-0.25, -0.2) is 0 Å². The summed E-state index contributed by atoms with van der Waals surface area (Å²) in [6.07, 6.45) is 0. The van der Waals surface area contributed by atoms with Crippen LogP contribution in [0.15, 0.2) is 40.8 Å². The molecule has 2 rings (SSSR count). The SMILES string of the molecule is Cc1cc(C(=O)NCC(c2ccccc2)N(C)C)c(C)o1. The summed E-state index contributed by atoms with van der Waals surface area (Å²) >= 11 is 0. The Balaban J connectivity index is 2.06. The van der Waals surface area contributed by atoms with Crippen LogP contribution in [-0.2, 0) is 0 Å². The minimum absolute atomic E-state index is 0.0906. The average molecular weight is 286 g/mol. The molecule has 1 aromatic carbocycles. The van der Waals surface area contributed by atoms with Crippen molar-refractivity contribution in [3.8, 4) is 0 Å². The van der Waals surface area contributed by atoms with Crippen molar-refractivity contribution in [3.63, 3.8) is 0 Å². The van der Waals surface area contributed by atoms with Crippen LogP contribution in [0, 0.1) is 13.8 Å². The average Bonchev–Trinajstić information content (AvgIpc) is 2.78. The number of carbonyl (C=O) groups excluding carboxylic acids is 1. The summed E-state index contributed by atoms with van der Waals surface area (Å²) in [5.74, 6) is 1.32. The van der Waals surface area contributed by atoms with E-state index in [9.17, 15) is 4.79 Å². The Morgan fingerprint density at radius 3 is 2.43 bits per heavy atom. The molecule has 0 aliphatic heterocycles. The summed E-state index contributed by atoms with van der Waals surface area (Å²) < 4.78 is 5.40. The molecule has 1 amide bonds. The molecule has 4 heteroatoms. The van der Waals surface area contributed by atoms with Crippen molar-refractivity contribution < 1.29 is 9.21 Å². The van der Waals surface area contributed by atoms with Gasteiger partial charge in [-0.05, 0) is 39.6 Å². The van der Waals surface area contributed by atoms with Crippen LogP contribution in [0.1, 0.15) is 33.5 Å². The number of rotatable bonds is 5. The molecule has 21 heavy (non-hydrogen) atoms. The summed E-state index contributed by atoms with van der Waals surface area (Å²) in [5, 5.41) is 2.99. The summed E-state index contributed by atoms with van der Waals surface area (Å²) in [5.41, 5.74) is 1.79. The van der Waals surface area contributed by atoms with Crippen LogP contribution >= 0.6 is 0 Å². The fourth-order valence-corrected chi connectivity index (χ4v) is 2.41. The third-order valence-electron chi connectivity index (χ3n) is 3.55. The Bertz CT molecular complexity index is 603. The van der Waals surface area contributed by atoms with E-state index in [4.69, 9.17) is 4.42 Å². The molecular formula is C17H22N2O2. The number of hydrogen-bond acceptors (Lipinski definition) is 3. The number of benzene rings is 1. The van der Waals surface area contributed by atoms with Crippen LogP contribution in [0.25, 0.3) is 0 Å². The van der Waals surface area contributed by atoms with Crippen molar-refractivity contribution in [2.75, 3.05) is 20.6 Å². The molecule has 0 fully saturated rings. The molecule has 1 heterocycles. The Morgan fingerprint density at radius 2 is 1.90 bits per heavy atom. The number of amides is 1. The van der Waals surface area contributed by atoms with E-state index >= 15 is 0 Å². The topological polar surface area (TPSA) is 45.5 Å². The van der Waals surface area contributed by atoms with E-state index in [0.29, 0.717) is 17.9 Å². The monoisotopic (exact) mass is 286 g/mol. The van der Waals surface area contributed by atoms with Gasteiger partial charge >= 0.3 is 0 Å². The van der Waals surface area contributed by atoms with Gasteiger partial charge in [-0.3, -0.25) is 4.79 Å². The van der Waals surface area contributed by atoms with Crippen LogP contribution in [0.4, 0.5) is 0 Å². The van der Waals surface area contributed by atoms with E-state index in [-0.39, 0.29) is 11.9 Å². The first-order valence-electron chi connectivity index (χ1n) is 7.05. The molecule has 0 saturated heterocycles. The second-order valence-corrected chi connectivity index (χ2v) is 5.43. The highest BCUT2D eigenvalue weighted by Crippen LogP contribution is 2.18. The first-order valence-corrected chi connectivity index (χ1v) is 7.05. The van der Waals surface area contributed by atoms with E-state index in [0.717, 1.165) is 5.76 Å². The molecule has 1 aromatic heterocycles. The first kappa shape index (κ1) is 15.3. The standard InChI is InChI=1S/C17H22N2O2/c1-12-10-15(13(2)21-12)17(20)18-11-16(19(3)4)14-8-6-5-7-9-14/h5-10,16H,11H2,1-4H3,(H,18,20). The van der Waals surface area contributed by atoms with Crippen molar-refractivity contribution in [2.45, 2.75) is 19.9 Å². The largest absolute Gasteiger partial charge is 0.466 e. The summed E-state index contributed by atoms with van der Waals surface area (Å²) in [4.78, 5) is 14.3. The molecule has 0 aliphatic rings. The minimum atomic E-state index is -0.0906. The van der Waals surface area contributed by atoms with Crippen LogP contribution in [0.2, 0.25) is 0 Å². The molecule has 4 nitrogen and oxygen atoms in total. The van der Waals surface area contributed by atoms with Crippen molar-refractivity contribution in [2.24, 2.45) is 0 Å². The van der Waals surface area contributed by atoms with Gasteiger partial charge in [-0.2, -0.15) is 0 Å². The second kappa shape index (κ2) is 6.59. The first-order chi connectivity index (χ1) is 9.99. The van der Waals surface area contributed by atoms with Gasteiger partial charge in [0.25, 0.3) is 5.91 Å². The third kappa shape index (κ3) is 3.73. The van der Waals surface area contributed by atoms with Gasteiger partial charge in [0.05, 0.1) is 11.6 Å². The zero-order valence-corrected chi connectivity index (χ0v) is 13.0. The molecule has 112 valence electrons. The molecular weight excluding hydrogens is 264 g/mol. The van der Waals surface area contributed by atoms with E-state index in [1.807, 2.05) is 46.1 Å².